The van der Waals surface area contributed by atoms with Gasteiger partial charge in [-0.05, 0) is 31.2 Å². The summed E-state index contributed by atoms with van der Waals surface area (Å²) in [6.07, 6.45) is 0. The Morgan fingerprint density at radius 2 is 1.95 bits per heavy atom. The van der Waals surface area contributed by atoms with Crippen molar-refractivity contribution in [2.75, 3.05) is 5.32 Å². The van der Waals surface area contributed by atoms with Crippen molar-refractivity contribution in [1.82, 2.24) is 0 Å². The number of hydrogen-bond acceptors (Lipinski definition) is 3. The Morgan fingerprint density at radius 3 is 2.57 bits per heavy atom. The molecule has 1 amide bonds. The van der Waals surface area contributed by atoms with Crippen LogP contribution < -0.4 is 11.1 Å². The summed E-state index contributed by atoms with van der Waals surface area (Å²) >= 11 is 0. The highest BCUT2D eigenvalue weighted by molar-refractivity contribution is 5.93. The molecule has 0 aromatic heterocycles. The molecule has 1 atom stereocenters. The minimum atomic E-state index is -0.671. The van der Waals surface area contributed by atoms with Crippen LogP contribution in [0.2, 0.25) is 0 Å². The number of benzene rings is 2. The van der Waals surface area contributed by atoms with E-state index < -0.39 is 23.6 Å². The fourth-order valence-corrected chi connectivity index (χ4v) is 1.98. The lowest BCUT2D eigenvalue weighted by Gasteiger charge is -2.17. The third-order valence-electron chi connectivity index (χ3n) is 3.08. The van der Waals surface area contributed by atoms with Crippen molar-refractivity contribution in [2.45, 2.75) is 13.0 Å². The Labute approximate surface area is 120 Å². The number of phenols is 1. The summed E-state index contributed by atoms with van der Waals surface area (Å²) in [6.45, 7) is 1.67. The van der Waals surface area contributed by atoms with E-state index in [1.807, 2.05) is 0 Å². The van der Waals surface area contributed by atoms with E-state index in [0.29, 0.717) is 5.56 Å². The Balaban J connectivity index is 2.28. The maximum absolute atomic E-state index is 13.7. The molecule has 6 heteroatoms. The fraction of sp³-hybridized carbons (Fsp3) is 0.133. The first kappa shape index (κ1) is 14.8. The van der Waals surface area contributed by atoms with E-state index in [-0.39, 0.29) is 17.0 Å². The predicted molar refractivity (Wildman–Crippen MR) is 75.0 cm³/mol. The molecule has 0 fully saturated rings. The lowest BCUT2D eigenvalue weighted by Crippen LogP contribution is -2.13. The number of nitrogens with two attached hydrogens (primary N) is 1. The van der Waals surface area contributed by atoms with Crippen LogP contribution in [0.15, 0.2) is 36.4 Å². The van der Waals surface area contributed by atoms with Gasteiger partial charge in [0.1, 0.15) is 17.4 Å². The molecule has 2 aromatic rings. The Bertz CT molecular complexity index is 689. The van der Waals surface area contributed by atoms with Crippen molar-refractivity contribution < 1.29 is 18.7 Å². The molecule has 2 aromatic carbocycles. The highest BCUT2D eigenvalue weighted by atomic mass is 19.1. The Morgan fingerprint density at radius 1 is 1.24 bits per heavy atom. The number of phenolic OH excluding ortho intramolecular Hbond substituents is 1. The van der Waals surface area contributed by atoms with Gasteiger partial charge in [-0.1, -0.05) is 6.07 Å². The summed E-state index contributed by atoms with van der Waals surface area (Å²) in [5.41, 5.74) is 5.78. The molecule has 0 spiro atoms. The van der Waals surface area contributed by atoms with Gasteiger partial charge < -0.3 is 16.2 Å². The first-order valence-electron chi connectivity index (χ1n) is 6.23. The first-order valence-corrected chi connectivity index (χ1v) is 6.23. The monoisotopic (exact) mass is 292 g/mol. The molecule has 110 valence electrons. The third-order valence-corrected chi connectivity index (χ3v) is 3.08. The summed E-state index contributed by atoms with van der Waals surface area (Å²) in [7, 11) is 0. The van der Waals surface area contributed by atoms with Gasteiger partial charge in [0.25, 0.3) is 0 Å². The number of anilines is 1. The molecule has 1 unspecified atom stereocenters. The molecule has 0 heterocycles. The lowest BCUT2D eigenvalue weighted by atomic mass is 10.1. The van der Waals surface area contributed by atoms with E-state index in [9.17, 15) is 18.7 Å². The molecule has 0 aliphatic carbocycles. The van der Waals surface area contributed by atoms with Crippen LogP contribution in [0.1, 0.15) is 28.9 Å². The molecule has 4 N–H and O–H groups in total. The zero-order valence-electron chi connectivity index (χ0n) is 11.2. The minimum absolute atomic E-state index is 0.0718. The number of hydrogen-bond donors (Lipinski definition) is 3. The molecule has 4 nitrogen and oxygen atoms in total. The van der Waals surface area contributed by atoms with Crippen molar-refractivity contribution in [2.24, 2.45) is 5.73 Å². The molecule has 0 bridgehead atoms. The summed E-state index contributed by atoms with van der Waals surface area (Å²) in [6, 6.07) is 6.77. The van der Waals surface area contributed by atoms with E-state index in [0.717, 1.165) is 12.1 Å². The molecular weight excluding hydrogens is 278 g/mol. The molecule has 0 aliphatic heterocycles. The second-order valence-corrected chi connectivity index (χ2v) is 4.63. The second-order valence-electron chi connectivity index (χ2n) is 4.63. The highest BCUT2D eigenvalue weighted by Crippen LogP contribution is 2.28. The van der Waals surface area contributed by atoms with Crippen LogP contribution in [0.4, 0.5) is 14.5 Å². The number of carbonyl (C=O) groups excluding carboxylic acids is 1. The largest absolute Gasteiger partial charge is 0.507 e. The topological polar surface area (TPSA) is 75.3 Å². The number of carbonyl (C=O) groups is 1. The van der Waals surface area contributed by atoms with Crippen molar-refractivity contribution in [3.8, 4) is 5.75 Å². The maximum atomic E-state index is 13.7. The van der Waals surface area contributed by atoms with E-state index in [2.05, 4.69) is 5.32 Å². The van der Waals surface area contributed by atoms with Crippen LogP contribution in [-0.4, -0.2) is 11.0 Å². The number of aromatic hydroxyl groups is 1. The molecule has 21 heavy (non-hydrogen) atoms. The summed E-state index contributed by atoms with van der Waals surface area (Å²) in [4.78, 5) is 11.1. The molecule has 0 saturated heterocycles. The van der Waals surface area contributed by atoms with Crippen LogP contribution in [0.5, 0.6) is 5.75 Å². The van der Waals surface area contributed by atoms with Gasteiger partial charge in [0.05, 0.1) is 11.7 Å². The second kappa shape index (κ2) is 5.78. The van der Waals surface area contributed by atoms with Crippen LogP contribution >= 0.6 is 0 Å². The van der Waals surface area contributed by atoms with Gasteiger partial charge in [0, 0.05) is 17.2 Å². The van der Waals surface area contributed by atoms with Gasteiger partial charge in [-0.15, -0.1) is 0 Å². The summed E-state index contributed by atoms with van der Waals surface area (Å²) < 4.78 is 26.7. The molecule has 0 saturated carbocycles. The van der Waals surface area contributed by atoms with E-state index in [4.69, 9.17) is 5.73 Å². The van der Waals surface area contributed by atoms with Crippen LogP contribution in [-0.2, 0) is 0 Å². The smallest absolute Gasteiger partial charge is 0.248 e. The van der Waals surface area contributed by atoms with Crippen molar-refractivity contribution in [3.05, 3.63) is 59.2 Å². The number of primary amides is 1. The zero-order chi connectivity index (χ0) is 15.6. The third kappa shape index (κ3) is 3.28. The van der Waals surface area contributed by atoms with E-state index in [1.54, 1.807) is 6.92 Å². The molecule has 2 rings (SSSR count). The average molecular weight is 292 g/mol. The molecular formula is C15H14F2N2O2. The van der Waals surface area contributed by atoms with Gasteiger partial charge in [-0.3, -0.25) is 4.79 Å². The normalized spacial score (nSPS) is 12.0. The van der Waals surface area contributed by atoms with Crippen LogP contribution in [0.25, 0.3) is 0 Å². The average Bonchev–Trinajstić information content (AvgIpc) is 2.40. The van der Waals surface area contributed by atoms with Crippen LogP contribution in [0.3, 0.4) is 0 Å². The lowest BCUT2D eigenvalue weighted by molar-refractivity contribution is 0.100. The quantitative estimate of drug-likeness (QED) is 0.811. The fourth-order valence-electron chi connectivity index (χ4n) is 1.98. The van der Waals surface area contributed by atoms with Crippen molar-refractivity contribution >= 4 is 11.6 Å². The number of rotatable bonds is 4. The van der Waals surface area contributed by atoms with Gasteiger partial charge >= 0.3 is 0 Å². The molecule has 0 aliphatic rings. The Hall–Kier alpha value is -2.63. The zero-order valence-corrected chi connectivity index (χ0v) is 11.2. The minimum Gasteiger partial charge on any atom is -0.507 e. The maximum Gasteiger partial charge on any atom is 0.248 e. The number of amides is 1. The van der Waals surface area contributed by atoms with Gasteiger partial charge in [-0.2, -0.15) is 0 Å². The number of halogens is 2. The first-order chi connectivity index (χ1) is 9.88. The van der Waals surface area contributed by atoms with Crippen molar-refractivity contribution in [3.63, 3.8) is 0 Å². The highest BCUT2D eigenvalue weighted by Gasteiger charge is 2.14. The van der Waals surface area contributed by atoms with Gasteiger partial charge in [-0.25, -0.2) is 8.78 Å². The van der Waals surface area contributed by atoms with Gasteiger partial charge in [0.15, 0.2) is 0 Å². The standard InChI is InChI=1S/C15H14F2N2O2/c1-8(11-4-3-10(16)7-14(11)20)19-13-6-9(15(18)21)2-5-12(13)17/h2-8,19-20H,1H3,(H2,18,21). The Kier molecular flexibility index (Phi) is 4.07. The SMILES string of the molecule is CC(Nc1cc(C(N)=O)ccc1F)c1ccc(F)cc1O. The number of nitrogens with one attached hydrogen (secondary N) is 1. The van der Waals surface area contributed by atoms with Crippen molar-refractivity contribution in [1.29, 1.82) is 0 Å². The molecule has 0 radical (unpaired) electrons. The predicted octanol–water partition coefficient (Wildman–Crippen LogP) is 2.94. The van der Waals surface area contributed by atoms with Gasteiger partial charge in [0.2, 0.25) is 5.91 Å². The van der Waals surface area contributed by atoms with E-state index >= 15 is 0 Å². The van der Waals surface area contributed by atoms with Crippen LogP contribution in [0, 0.1) is 11.6 Å². The summed E-state index contributed by atoms with van der Waals surface area (Å²) in [5, 5.41) is 12.5. The summed E-state index contributed by atoms with van der Waals surface area (Å²) in [5.74, 6) is -2.03. The van der Waals surface area contributed by atoms with E-state index in [1.165, 1.54) is 24.3 Å².